The van der Waals surface area contributed by atoms with Crippen LogP contribution in [0, 0.1) is 6.92 Å². The SMILES string of the molecule is Cc1c(C(=O)NCCCN2CCN(C)CC2c2ccccc2)nnn1-c1cccc(Br)c1. The largest absolute Gasteiger partial charge is 0.351 e. The third-order valence-corrected chi connectivity index (χ3v) is 6.44. The van der Waals surface area contributed by atoms with Crippen molar-refractivity contribution in [2.75, 3.05) is 39.8 Å². The summed E-state index contributed by atoms with van der Waals surface area (Å²) >= 11 is 3.47. The molecule has 32 heavy (non-hydrogen) atoms. The molecule has 1 amide bonds. The Labute approximate surface area is 197 Å². The van der Waals surface area contributed by atoms with Crippen molar-refractivity contribution in [3.8, 4) is 5.69 Å². The van der Waals surface area contributed by atoms with Crippen molar-refractivity contribution < 1.29 is 4.79 Å². The van der Waals surface area contributed by atoms with Crippen LogP contribution in [-0.2, 0) is 0 Å². The third kappa shape index (κ3) is 5.26. The number of likely N-dealkylation sites (N-methyl/N-ethyl adjacent to an activating group) is 1. The predicted octanol–water partition coefficient (Wildman–Crippen LogP) is 3.45. The van der Waals surface area contributed by atoms with Crippen LogP contribution in [0.25, 0.3) is 5.69 Å². The molecule has 1 aliphatic heterocycles. The van der Waals surface area contributed by atoms with E-state index in [1.165, 1.54) is 5.56 Å². The number of nitrogens with one attached hydrogen (secondary N) is 1. The molecule has 0 spiro atoms. The molecular weight excluding hydrogens is 468 g/mol. The molecular formula is C24H29BrN6O. The second-order valence-electron chi connectivity index (χ2n) is 8.25. The highest BCUT2D eigenvalue weighted by atomic mass is 79.9. The molecule has 1 N–H and O–H groups in total. The van der Waals surface area contributed by atoms with Crippen molar-refractivity contribution in [2.45, 2.75) is 19.4 Å². The fourth-order valence-electron chi connectivity index (χ4n) is 4.18. The maximum atomic E-state index is 12.7. The summed E-state index contributed by atoms with van der Waals surface area (Å²) in [6.45, 7) is 6.53. The van der Waals surface area contributed by atoms with Crippen molar-refractivity contribution in [3.63, 3.8) is 0 Å². The monoisotopic (exact) mass is 496 g/mol. The lowest BCUT2D eigenvalue weighted by Gasteiger charge is -2.40. The average Bonchev–Trinajstić information content (AvgIpc) is 3.19. The molecule has 0 bridgehead atoms. The fourth-order valence-corrected chi connectivity index (χ4v) is 4.56. The van der Waals surface area contributed by atoms with E-state index in [0.717, 1.165) is 48.5 Å². The van der Waals surface area contributed by atoms with Crippen molar-refractivity contribution >= 4 is 21.8 Å². The molecule has 1 aromatic heterocycles. The quantitative estimate of drug-likeness (QED) is 0.507. The van der Waals surface area contributed by atoms with Gasteiger partial charge in [0.25, 0.3) is 5.91 Å². The van der Waals surface area contributed by atoms with E-state index in [9.17, 15) is 4.79 Å². The van der Waals surface area contributed by atoms with Gasteiger partial charge in [-0.1, -0.05) is 57.5 Å². The van der Waals surface area contributed by atoms with Crippen LogP contribution >= 0.6 is 15.9 Å². The molecule has 2 aromatic carbocycles. The first kappa shape index (κ1) is 22.6. The molecule has 1 aliphatic rings. The number of aromatic nitrogens is 3. The van der Waals surface area contributed by atoms with E-state index in [1.807, 2.05) is 31.2 Å². The molecule has 4 rings (SSSR count). The predicted molar refractivity (Wildman–Crippen MR) is 129 cm³/mol. The van der Waals surface area contributed by atoms with Crippen LogP contribution in [0.2, 0.25) is 0 Å². The van der Waals surface area contributed by atoms with Crippen molar-refractivity contribution in [2.24, 2.45) is 0 Å². The zero-order valence-corrected chi connectivity index (χ0v) is 20.1. The Morgan fingerprint density at radius 3 is 2.75 bits per heavy atom. The van der Waals surface area contributed by atoms with Crippen LogP contribution in [0.15, 0.2) is 59.1 Å². The number of carbonyl (C=O) groups excluding carboxylic acids is 1. The molecule has 0 saturated carbocycles. The van der Waals surface area contributed by atoms with Crippen molar-refractivity contribution in [3.05, 3.63) is 76.0 Å². The average molecular weight is 497 g/mol. The van der Waals surface area contributed by atoms with E-state index < -0.39 is 0 Å². The first-order chi connectivity index (χ1) is 15.5. The summed E-state index contributed by atoms with van der Waals surface area (Å²) in [5.41, 5.74) is 3.31. The lowest BCUT2D eigenvalue weighted by molar-refractivity contribution is 0.0864. The highest BCUT2D eigenvalue weighted by molar-refractivity contribution is 9.10. The van der Waals surface area contributed by atoms with E-state index in [1.54, 1.807) is 4.68 Å². The van der Waals surface area contributed by atoms with Crippen LogP contribution in [0.1, 0.15) is 34.2 Å². The summed E-state index contributed by atoms with van der Waals surface area (Å²) in [5, 5.41) is 11.3. The number of hydrogen-bond donors (Lipinski definition) is 1. The van der Waals surface area contributed by atoms with Gasteiger partial charge in [0, 0.05) is 43.2 Å². The zero-order valence-electron chi connectivity index (χ0n) is 18.5. The lowest BCUT2D eigenvalue weighted by atomic mass is 10.0. The van der Waals surface area contributed by atoms with Gasteiger partial charge in [-0.15, -0.1) is 5.10 Å². The van der Waals surface area contributed by atoms with Gasteiger partial charge in [0.15, 0.2) is 5.69 Å². The zero-order chi connectivity index (χ0) is 22.5. The number of halogens is 1. The smallest absolute Gasteiger partial charge is 0.273 e. The number of piperazine rings is 1. The molecule has 0 radical (unpaired) electrons. The Hall–Kier alpha value is -2.55. The Balaban J connectivity index is 1.32. The fraction of sp³-hybridized carbons (Fsp3) is 0.375. The van der Waals surface area contributed by atoms with Gasteiger partial charge in [-0.05, 0) is 44.2 Å². The van der Waals surface area contributed by atoms with E-state index in [2.05, 4.69) is 78.7 Å². The molecule has 2 heterocycles. The maximum Gasteiger partial charge on any atom is 0.273 e. The van der Waals surface area contributed by atoms with E-state index in [0.29, 0.717) is 18.3 Å². The summed E-state index contributed by atoms with van der Waals surface area (Å²) in [6.07, 6.45) is 0.887. The minimum Gasteiger partial charge on any atom is -0.351 e. The Morgan fingerprint density at radius 2 is 1.97 bits per heavy atom. The first-order valence-electron chi connectivity index (χ1n) is 11.0. The topological polar surface area (TPSA) is 66.3 Å². The summed E-state index contributed by atoms with van der Waals surface area (Å²) < 4.78 is 2.64. The molecule has 1 atom stereocenters. The molecule has 0 aliphatic carbocycles. The molecule has 1 fully saturated rings. The highest BCUT2D eigenvalue weighted by Crippen LogP contribution is 2.24. The van der Waals surface area contributed by atoms with Gasteiger partial charge in [0.1, 0.15) is 0 Å². The van der Waals surface area contributed by atoms with Crippen LogP contribution in [0.5, 0.6) is 0 Å². The van der Waals surface area contributed by atoms with Crippen molar-refractivity contribution in [1.29, 1.82) is 0 Å². The molecule has 8 heteroatoms. The standard InChI is InChI=1S/C24H29BrN6O/c1-18-23(27-28-31(18)21-11-6-10-20(25)16-21)24(32)26-12-7-13-30-15-14-29(2)17-22(30)19-8-4-3-5-9-19/h3-6,8-11,16,22H,7,12-15,17H2,1-2H3,(H,26,32). The van der Waals surface area contributed by atoms with Gasteiger partial charge in [-0.2, -0.15) is 0 Å². The van der Waals surface area contributed by atoms with Gasteiger partial charge in [0.05, 0.1) is 11.4 Å². The molecule has 3 aromatic rings. The molecule has 168 valence electrons. The van der Waals surface area contributed by atoms with Crippen LogP contribution in [0.4, 0.5) is 0 Å². The summed E-state index contributed by atoms with van der Waals surface area (Å²) in [7, 11) is 2.18. The normalized spacial score (nSPS) is 17.4. The van der Waals surface area contributed by atoms with Gasteiger partial charge in [0.2, 0.25) is 0 Å². The molecule has 7 nitrogen and oxygen atoms in total. The van der Waals surface area contributed by atoms with Gasteiger partial charge in [-0.3, -0.25) is 9.69 Å². The van der Waals surface area contributed by atoms with E-state index in [4.69, 9.17) is 0 Å². The Bertz CT molecular complexity index is 1050. The summed E-state index contributed by atoms with van der Waals surface area (Å²) in [4.78, 5) is 17.6. The maximum absolute atomic E-state index is 12.7. The van der Waals surface area contributed by atoms with Gasteiger partial charge in [-0.25, -0.2) is 4.68 Å². The minimum absolute atomic E-state index is 0.179. The Kier molecular flexibility index (Phi) is 7.34. The van der Waals surface area contributed by atoms with Gasteiger partial charge < -0.3 is 10.2 Å². The Morgan fingerprint density at radius 1 is 1.16 bits per heavy atom. The molecule has 1 saturated heterocycles. The van der Waals surface area contributed by atoms with Gasteiger partial charge >= 0.3 is 0 Å². The lowest BCUT2D eigenvalue weighted by Crippen LogP contribution is -2.47. The summed E-state index contributed by atoms with van der Waals surface area (Å²) in [5.74, 6) is -0.179. The summed E-state index contributed by atoms with van der Waals surface area (Å²) in [6, 6.07) is 18.8. The third-order valence-electron chi connectivity index (χ3n) is 5.95. The van der Waals surface area contributed by atoms with E-state index >= 15 is 0 Å². The van der Waals surface area contributed by atoms with Crippen LogP contribution < -0.4 is 5.32 Å². The van der Waals surface area contributed by atoms with Crippen molar-refractivity contribution in [1.82, 2.24) is 30.1 Å². The second kappa shape index (κ2) is 10.4. The van der Waals surface area contributed by atoms with Crippen LogP contribution in [0.3, 0.4) is 0 Å². The van der Waals surface area contributed by atoms with E-state index in [-0.39, 0.29) is 5.91 Å². The minimum atomic E-state index is -0.179. The number of rotatable bonds is 7. The first-order valence-corrected chi connectivity index (χ1v) is 11.8. The number of amides is 1. The second-order valence-corrected chi connectivity index (χ2v) is 9.16. The number of benzene rings is 2. The highest BCUT2D eigenvalue weighted by Gasteiger charge is 2.26. The van der Waals surface area contributed by atoms with Crippen LogP contribution in [-0.4, -0.2) is 70.5 Å². The molecule has 1 unspecified atom stereocenters. The number of hydrogen-bond acceptors (Lipinski definition) is 5. The number of carbonyl (C=O) groups is 1. The number of nitrogens with zero attached hydrogens (tertiary/aromatic N) is 5.